The highest BCUT2D eigenvalue weighted by Gasteiger charge is 2.20. The van der Waals surface area contributed by atoms with E-state index in [-0.39, 0.29) is 17.3 Å². The average molecular weight is 363 g/mol. The van der Waals surface area contributed by atoms with E-state index in [9.17, 15) is 14.9 Å². The zero-order valence-electron chi connectivity index (χ0n) is 14.5. The molecule has 1 unspecified atom stereocenters. The summed E-state index contributed by atoms with van der Waals surface area (Å²) in [5.74, 6) is -0.0998. The molecule has 0 radical (unpaired) electrons. The molecule has 0 saturated carbocycles. The number of carbonyl (C=O) groups excluding carboxylic acids is 1. The average Bonchev–Trinajstić information content (AvgIpc) is 2.69. The molecule has 8 heteroatoms. The van der Waals surface area contributed by atoms with E-state index in [0.717, 1.165) is 5.69 Å². The SMILES string of the molecule is CC(Nc1ccc(C(=O)Nc2ccccn2)cc1[N+](=O)[O-])c1ccccn1. The number of benzene rings is 1. The number of nitro benzene ring substituents is 1. The number of hydrogen-bond acceptors (Lipinski definition) is 6. The van der Waals surface area contributed by atoms with Gasteiger partial charge >= 0.3 is 0 Å². The van der Waals surface area contributed by atoms with Gasteiger partial charge in [0.25, 0.3) is 11.6 Å². The van der Waals surface area contributed by atoms with E-state index in [2.05, 4.69) is 20.6 Å². The predicted octanol–water partition coefficient (Wildman–Crippen LogP) is 3.81. The number of anilines is 2. The molecular weight excluding hydrogens is 346 g/mol. The molecule has 3 rings (SSSR count). The number of aromatic nitrogens is 2. The van der Waals surface area contributed by atoms with Crippen LogP contribution in [0.25, 0.3) is 0 Å². The minimum Gasteiger partial charge on any atom is -0.371 e. The number of nitrogens with one attached hydrogen (secondary N) is 2. The van der Waals surface area contributed by atoms with E-state index in [0.29, 0.717) is 11.5 Å². The van der Waals surface area contributed by atoms with E-state index in [1.165, 1.54) is 18.2 Å². The van der Waals surface area contributed by atoms with Gasteiger partial charge in [-0.1, -0.05) is 12.1 Å². The molecule has 136 valence electrons. The zero-order chi connectivity index (χ0) is 19.2. The fourth-order valence-electron chi connectivity index (χ4n) is 2.51. The second kappa shape index (κ2) is 8.05. The topological polar surface area (TPSA) is 110 Å². The molecule has 0 bridgehead atoms. The highest BCUT2D eigenvalue weighted by atomic mass is 16.6. The lowest BCUT2D eigenvalue weighted by Gasteiger charge is -2.15. The molecule has 2 aromatic heterocycles. The Morgan fingerprint density at radius 2 is 1.81 bits per heavy atom. The van der Waals surface area contributed by atoms with Gasteiger partial charge < -0.3 is 10.6 Å². The van der Waals surface area contributed by atoms with Gasteiger partial charge in [0.05, 0.1) is 16.7 Å². The van der Waals surface area contributed by atoms with Gasteiger partial charge in [0, 0.05) is 24.0 Å². The van der Waals surface area contributed by atoms with Crippen molar-refractivity contribution >= 4 is 23.1 Å². The minimum absolute atomic E-state index is 0.170. The predicted molar refractivity (Wildman–Crippen MR) is 102 cm³/mol. The van der Waals surface area contributed by atoms with Crippen LogP contribution in [-0.4, -0.2) is 20.8 Å². The maximum absolute atomic E-state index is 12.3. The van der Waals surface area contributed by atoms with Crippen LogP contribution in [0.1, 0.15) is 29.0 Å². The van der Waals surface area contributed by atoms with Crippen molar-refractivity contribution in [3.8, 4) is 0 Å². The molecule has 0 aliphatic rings. The van der Waals surface area contributed by atoms with Crippen LogP contribution in [0.2, 0.25) is 0 Å². The Morgan fingerprint density at radius 3 is 2.44 bits per heavy atom. The summed E-state index contributed by atoms with van der Waals surface area (Å²) < 4.78 is 0. The van der Waals surface area contributed by atoms with E-state index in [1.54, 1.807) is 36.7 Å². The Labute approximate surface area is 155 Å². The van der Waals surface area contributed by atoms with E-state index >= 15 is 0 Å². The van der Waals surface area contributed by atoms with Crippen molar-refractivity contribution < 1.29 is 9.72 Å². The van der Waals surface area contributed by atoms with Gasteiger partial charge in [-0.15, -0.1) is 0 Å². The van der Waals surface area contributed by atoms with Crippen LogP contribution in [0.5, 0.6) is 0 Å². The third-order valence-corrected chi connectivity index (χ3v) is 3.87. The first-order chi connectivity index (χ1) is 13.0. The molecular formula is C19H17N5O3. The summed E-state index contributed by atoms with van der Waals surface area (Å²) in [5, 5.41) is 17.2. The number of rotatable bonds is 6. The summed E-state index contributed by atoms with van der Waals surface area (Å²) >= 11 is 0. The van der Waals surface area contributed by atoms with Crippen molar-refractivity contribution in [3.63, 3.8) is 0 Å². The van der Waals surface area contributed by atoms with Gasteiger partial charge in [0.15, 0.2) is 0 Å². The van der Waals surface area contributed by atoms with Gasteiger partial charge in [0.1, 0.15) is 11.5 Å². The third kappa shape index (κ3) is 4.43. The summed E-state index contributed by atoms with van der Waals surface area (Å²) in [5.41, 5.74) is 1.05. The van der Waals surface area contributed by atoms with Crippen molar-refractivity contribution in [3.05, 3.63) is 88.4 Å². The molecule has 0 aliphatic carbocycles. The zero-order valence-corrected chi connectivity index (χ0v) is 14.5. The van der Waals surface area contributed by atoms with Crippen LogP contribution in [0.15, 0.2) is 67.0 Å². The van der Waals surface area contributed by atoms with Crippen molar-refractivity contribution in [2.75, 3.05) is 10.6 Å². The fourth-order valence-corrected chi connectivity index (χ4v) is 2.51. The molecule has 0 fully saturated rings. The second-order valence-corrected chi connectivity index (χ2v) is 5.78. The molecule has 1 aromatic carbocycles. The van der Waals surface area contributed by atoms with Crippen molar-refractivity contribution in [2.24, 2.45) is 0 Å². The monoisotopic (exact) mass is 363 g/mol. The Bertz CT molecular complexity index is 948. The highest BCUT2D eigenvalue weighted by Crippen LogP contribution is 2.29. The third-order valence-electron chi connectivity index (χ3n) is 3.87. The maximum atomic E-state index is 12.3. The molecule has 0 aliphatic heterocycles. The molecule has 27 heavy (non-hydrogen) atoms. The van der Waals surface area contributed by atoms with E-state index < -0.39 is 10.8 Å². The van der Waals surface area contributed by atoms with Gasteiger partial charge in [-0.05, 0) is 43.3 Å². The van der Waals surface area contributed by atoms with E-state index in [1.807, 2.05) is 19.1 Å². The maximum Gasteiger partial charge on any atom is 0.293 e. The number of nitro groups is 1. The number of nitrogens with zero attached hydrogens (tertiary/aromatic N) is 3. The number of pyridine rings is 2. The van der Waals surface area contributed by atoms with Crippen LogP contribution in [0, 0.1) is 10.1 Å². The minimum atomic E-state index is -0.523. The molecule has 3 aromatic rings. The Kier molecular flexibility index (Phi) is 5.36. The molecule has 2 heterocycles. The molecule has 8 nitrogen and oxygen atoms in total. The molecule has 2 N–H and O–H groups in total. The summed E-state index contributed by atoms with van der Waals surface area (Å²) in [6, 6.07) is 14.6. The van der Waals surface area contributed by atoms with E-state index in [4.69, 9.17) is 0 Å². The number of amides is 1. The lowest BCUT2D eigenvalue weighted by molar-refractivity contribution is -0.384. The Morgan fingerprint density at radius 1 is 1.07 bits per heavy atom. The van der Waals surface area contributed by atoms with Crippen LogP contribution in [-0.2, 0) is 0 Å². The van der Waals surface area contributed by atoms with Gasteiger partial charge in [-0.2, -0.15) is 0 Å². The molecule has 1 atom stereocenters. The van der Waals surface area contributed by atoms with Crippen molar-refractivity contribution in [2.45, 2.75) is 13.0 Å². The first kappa shape index (κ1) is 18.0. The molecule has 0 spiro atoms. The van der Waals surface area contributed by atoms with Crippen LogP contribution in [0.3, 0.4) is 0 Å². The molecule has 1 amide bonds. The second-order valence-electron chi connectivity index (χ2n) is 5.78. The first-order valence-corrected chi connectivity index (χ1v) is 8.23. The standard InChI is InChI=1S/C19H17N5O3/c1-13(15-6-2-4-10-20-15)22-16-9-8-14(12-17(16)24(26)27)19(25)23-18-7-3-5-11-21-18/h2-13,22H,1H3,(H,21,23,25). The van der Waals surface area contributed by atoms with Gasteiger partial charge in [-0.3, -0.25) is 19.9 Å². The smallest absolute Gasteiger partial charge is 0.293 e. The van der Waals surface area contributed by atoms with Crippen LogP contribution in [0.4, 0.5) is 17.2 Å². The first-order valence-electron chi connectivity index (χ1n) is 8.23. The summed E-state index contributed by atoms with van der Waals surface area (Å²) in [4.78, 5) is 31.5. The number of carbonyl (C=O) groups is 1. The van der Waals surface area contributed by atoms with Crippen molar-refractivity contribution in [1.29, 1.82) is 0 Å². The van der Waals surface area contributed by atoms with Crippen molar-refractivity contribution in [1.82, 2.24) is 9.97 Å². The lowest BCUT2D eigenvalue weighted by atomic mass is 10.1. The highest BCUT2D eigenvalue weighted by molar-refractivity contribution is 6.04. The Balaban J connectivity index is 1.82. The summed E-state index contributed by atoms with van der Waals surface area (Å²) in [6.07, 6.45) is 3.21. The van der Waals surface area contributed by atoms with Gasteiger partial charge in [-0.25, -0.2) is 4.98 Å². The summed E-state index contributed by atoms with van der Waals surface area (Å²) in [6.45, 7) is 1.85. The van der Waals surface area contributed by atoms with Gasteiger partial charge in [0.2, 0.25) is 0 Å². The van der Waals surface area contributed by atoms with Crippen LogP contribution < -0.4 is 10.6 Å². The largest absolute Gasteiger partial charge is 0.371 e. The molecule has 0 saturated heterocycles. The number of hydrogen-bond donors (Lipinski definition) is 2. The Hall–Kier alpha value is -3.81. The fraction of sp³-hybridized carbons (Fsp3) is 0.105. The van der Waals surface area contributed by atoms with Crippen LogP contribution >= 0.6 is 0 Å². The normalized spacial score (nSPS) is 11.4. The quantitative estimate of drug-likeness (QED) is 0.509. The lowest BCUT2D eigenvalue weighted by Crippen LogP contribution is -2.14. The summed E-state index contributed by atoms with van der Waals surface area (Å²) in [7, 11) is 0.